The molecule has 116 valence electrons. The molecule has 2 unspecified atom stereocenters. The Morgan fingerprint density at radius 1 is 1.29 bits per heavy atom. The summed E-state index contributed by atoms with van der Waals surface area (Å²) in [5.74, 6) is 0.584. The summed E-state index contributed by atoms with van der Waals surface area (Å²) in [4.78, 5) is 12.6. The lowest BCUT2D eigenvalue weighted by atomic mass is 9.85. The summed E-state index contributed by atoms with van der Waals surface area (Å²) in [5.41, 5.74) is 6.49. The highest BCUT2D eigenvalue weighted by Crippen LogP contribution is 2.28. The van der Waals surface area contributed by atoms with Gasteiger partial charge in [-0.1, -0.05) is 30.9 Å². The second kappa shape index (κ2) is 6.36. The SMILES string of the molecule is NC1CCCCC1Nc1c(Cl)cnn(CC2CCC2)c1=O. The van der Waals surface area contributed by atoms with Crippen molar-refractivity contribution in [3.05, 3.63) is 21.6 Å². The molecule has 0 aliphatic heterocycles. The van der Waals surface area contributed by atoms with E-state index in [0.29, 0.717) is 23.2 Å². The fraction of sp³-hybridized carbons (Fsp3) is 0.733. The normalized spacial score (nSPS) is 26.4. The maximum absolute atomic E-state index is 12.6. The average molecular weight is 311 g/mol. The molecule has 3 N–H and O–H groups in total. The van der Waals surface area contributed by atoms with E-state index in [1.807, 2.05) is 0 Å². The van der Waals surface area contributed by atoms with Gasteiger partial charge in [-0.15, -0.1) is 0 Å². The van der Waals surface area contributed by atoms with Crippen LogP contribution in [0.1, 0.15) is 44.9 Å². The van der Waals surface area contributed by atoms with Crippen molar-refractivity contribution in [2.45, 2.75) is 63.6 Å². The number of nitrogens with zero attached hydrogens (tertiary/aromatic N) is 2. The van der Waals surface area contributed by atoms with Crippen molar-refractivity contribution in [2.24, 2.45) is 11.7 Å². The molecule has 6 heteroatoms. The van der Waals surface area contributed by atoms with Crippen LogP contribution in [0.2, 0.25) is 5.02 Å². The zero-order valence-electron chi connectivity index (χ0n) is 12.2. The third-order valence-electron chi connectivity index (χ3n) is 4.80. The van der Waals surface area contributed by atoms with Crippen molar-refractivity contribution in [2.75, 3.05) is 5.32 Å². The number of rotatable bonds is 4. The number of hydrogen-bond acceptors (Lipinski definition) is 4. The van der Waals surface area contributed by atoms with Gasteiger partial charge in [0.15, 0.2) is 0 Å². The van der Waals surface area contributed by atoms with Gasteiger partial charge in [-0.25, -0.2) is 4.68 Å². The van der Waals surface area contributed by atoms with Crippen LogP contribution in [-0.2, 0) is 6.54 Å². The second-order valence-electron chi connectivity index (χ2n) is 6.35. The Hall–Kier alpha value is -1.07. The van der Waals surface area contributed by atoms with Crippen molar-refractivity contribution in [3.8, 4) is 0 Å². The van der Waals surface area contributed by atoms with Crippen LogP contribution in [0.5, 0.6) is 0 Å². The van der Waals surface area contributed by atoms with E-state index in [9.17, 15) is 4.79 Å². The number of nitrogens with one attached hydrogen (secondary N) is 1. The minimum absolute atomic E-state index is 0.0856. The Morgan fingerprint density at radius 2 is 2.05 bits per heavy atom. The quantitative estimate of drug-likeness (QED) is 0.895. The molecule has 0 saturated heterocycles. The van der Waals surface area contributed by atoms with E-state index in [2.05, 4.69) is 10.4 Å². The summed E-state index contributed by atoms with van der Waals surface area (Å²) in [6, 6.07) is 0.214. The van der Waals surface area contributed by atoms with Crippen LogP contribution in [0.4, 0.5) is 5.69 Å². The Kier molecular flexibility index (Phi) is 4.50. The van der Waals surface area contributed by atoms with Crippen molar-refractivity contribution >= 4 is 17.3 Å². The largest absolute Gasteiger partial charge is 0.375 e. The Morgan fingerprint density at radius 3 is 2.71 bits per heavy atom. The third kappa shape index (κ3) is 3.24. The molecular formula is C15H23ClN4O. The Bertz CT molecular complexity index is 555. The van der Waals surface area contributed by atoms with Gasteiger partial charge in [0.05, 0.1) is 11.2 Å². The van der Waals surface area contributed by atoms with E-state index in [1.54, 1.807) is 10.9 Å². The summed E-state index contributed by atoms with van der Waals surface area (Å²) in [6.45, 7) is 0.696. The van der Waals surface area contributed by atoms with Crippen LogP contribution in [0, 0.1) is 5.92 Å². The van der Waals surface area contributed by atoms with Gasteiger partial charge in [-0.2, -0.15) is 5.10 Å². The second-order valence-corrected chi connectivity index (χ2v) is 6.76. The van der Waals surface area contributed by atoms with Gasteiger partial charge >= 0.3 is 0 Å². The highest BCUT2D eigenvalue weighted by molar-refractivity contribution is 6.33. The number of anilines is 1. The van der Waals surface area contributed by atoms with Crippen LogP contribution in [0.3, 0.4) is 0 Å². The highest BCUT2D eigenvalue weighted by atomic mass is 35.5. The average Bonchev–Trinajstić information content (AvgIpc) is 2.42. The third-order valence-corrected chi connectivity index (χ3v) is 5.09. The van der Waals surface area contributed by atoms with Crippen molar-refractivity contribution in [1.29, 1.82) is 0 Å². The van der Waals surface area contributed by atoms with Gasteiger partial charge in [-0.3, -0.25) is 4.79 Å². The first-order valence-corrected chi connectivity index (χ1v) is 8.30. The summed E-state index contributed by atoms with van der Waals surface area (Å²) in [7, 11) is 0. The Labute approximate surface area is 129 Å². The van der Waals surface area contributed by atoms with Gasteiger partial charge in [0.2, 0.25) is 0 Å². The molecule has 2 saturated carbocycles. The molecule has 0 amide bonds. The molecular weight excluding hydrogens is 288 g/mol. The van der Waals surface area contributed by atoms with Gasteiger partial charge in [-0.05, 0) is 31.6 Å². The molecule has 5 nitrogen and oxygen atoms in total. The minimum Gasteiger partial charge on any atom is -0.375 e. The van der Waals surface area contributed by atoms with E-state index in [4.69, 9.17) is 17.3 Å². The molecule has 0 aromatic carbocycles. The van der Waals surface area contributed by atoms with Crippen LogP contribution in [0.25, 0.3) is 0 Å². The van der Waals surface area contributed by atoms with E-state index in [1.165, 1.54) is 19.3 Å². The highest BCUT2D eigenvalue weighted by Gasteiger charge is 2.25. The van der Waals surface area contributed by atoms with Crippen LogP contribution >= 0.6 is 11.6 Å². The first-order chi connectivity index (χ1) is 10.1. The maximum atomic E-state index is 12.6. The molecule has 3 rings (SSSR count). The molecule has 1 aromatic rings. The molecule has 1 aromatic heterocycles. The lowest BCUT2D eigenvalue weighted by molar-refractivity contribution is 0.262. The zero-order valence-corrected chi connectivity index (χ0v) is 13.0. The van der Waals surface area contributed by atoms with Crippen LogP contribution in [-0.4, -0.2) is 21.9 Å². The summed E-state index contributed by atoms with van der Waals surface area (Å²) < 4.78 is 1.55. The number of halogens is 1. The predicted octanol–water partition coefficient (Wildman–Crippen LogP) is 2.38. The molecule has 21 heavy (non-hydrogen) atoms. The van der Waals surface area contributed by atoms with Crippen molar-refractivity contribution in [1.82, 2.24) is 9.78 Å². The van der Waals surface area contributed by atoms with E-state index in [-0.39, 0.29) is 17.6 Å². The molecule has 2 fully saturated rings. The smallest absolute Gasteiger partial charge is 0.291 e. The summed E-state index contributed by atoms with van der Waals surface area (Å²) >= 11 is 6.17. The number of nitrogens with two attached hydrogens (primary N) is 1. The van der Waals surface area contributed by atoms with E-state index >= 15 is 0 Å². The number of hydrogen-bond donors (Lipinski definition) is 2. The van der Waals surface area contributed by atoms with Crippen molar-refractivity contribution in [3.63, 3.8) is 0 Å². The Balaban J connectivity index is 1.79. The standard InChI is InChI=1S/C15H23ClN4O/c16-11-8-18-20(9-10-4-3-5-10)15(21)14(11)19-13-7-2-1-6-12(13)17/h8,10,12-13,19H,1-7,9,17H2. The van der Waals surface area contributed by atoms with Crippen LogP contribution in [0.15, 0.2) is 11.0 Å². The van der Waals surface area contributed by atoms with Gasteiger partial charge in [0.1, 0.15) is 5.69 Å². The zero-order chi connectivity index (χ0) is 14.8. The van der Waals surface area contributed by atoms with E-state index < -0.39 is 0 Å². The monoisotopic (exact) mass is 310 g/mol. The maximum Gasteiger partial charge on any atom is 0.291 e. The van der Waals surface area contributed by atoms with Crippen LogP contribution < -0.4 is 16.6 Å². The van der Waals surface area contributed by atoms with Gasteiger partial charge in [0.25, 0.3) is 5.56 Å². The molecule has 0 bridgehead atoms. The topological polar surface area (TPSA) is 72.9 Å². The van der Waals surface area contributed by atoms with Gasteiger partial charge < -0.3 is 11.1 Å². The molecule has 1 heterocycles. The first-order valence-electron chi connectivity index (χ1n) is 7.93. The van der Waals surface area contributed by atoms with Gasteiger partial charge in [0, 0.05) is 18.6 Å². The molecule has 2 aliphatic carbocycles. The minimum atomic E-state index is -0.118. The first kappa shape index (κ1) is 14.9. The van der Waals surface area contributed by atoms with Crippen molar-refractivity contribution < 1.29 is 0 Å². The fourth-order valence-corrected chi connectivity index (χ4v) is 3.35. The van der Waals surface area contributed by atoms with E-state index in [0.717, 1.165) is 25.7 Å². The number of aromatic nitrogens is 2. The lowest BCUT2D eigenvalue weighted by Crippen LogP contribution is -2.44. The fourth-order valence-electron chi connectivity index (χ4n) is 3.17. The molecule has 2 atom stereocenters. The molecule has 0 radical (unpaired) electrons. The molecule has 2 aliphatic rings. The lowest BCUT2D eigenvalue weighted by Gasteiger charge is -2.30. The predicted molar refractivity (Wildman–Crippen MR) is 84.7 cm³/mol. The molecule has 0 spiro atoms. The summed E-state index contributed by atoms with van der Waals surface area (Å²) in [6.07, 6.45) is 9.49. The summed E-state index contributed by atoms with van der Waals surface area (Å²) in [5, 5.41) is 7.85.